The number of halogens is 1. The van der Waals surface area contributed by atoms with Crippen LogP contribution in [0, 0.1) is 0 Å². The Balaban J connectivity index is 2.49. The van der Waals surface area contributed by atoms with Gasteiger partial charge in [-0.15, -0.1) is 0 Å². The van der Waals surface area contributed by atoms with Gasteiger partial charge in [0.1, 0.15) is 5.75 Å². The molecule has 0 fully saturated rings. The number of hydrogen-bond donors (Lipinski definition) is 2. The van der Waals surface area contributed by atoms with Gasteiger partial charge in [-0.2, -0.15) is 0 Å². The Morgan fingerprint density at radius 3 is 2.58 bits per heavy atom. The van der Waals surface area contributed by atoms with Gasteiger partial charge in [-0.25, -0.2) is 13.1 Å². The number of methoxy groups -OCH3 is 1. The van der Waals surface area contributed by atoms with Crippen molar-refractivity contribution in [1.82, 2.24) is 10.0 Å². The highest BCUT2D eigenvalue weighted by molar-refractivity contribution is 9.10. The third-order valence-electron chi connectivity index (χ3n) is 2.62. The van der Waals surface area contributed by atoms with E-state index in [4.69, 9.17) is 4.74 Å². The Kier molecular flexibility index (Phi) is 6.25. The Hall–Kier alpha value is -0.630. The van der Waals surface area contributed by atoms with Crippen molar-refractivity contribution >= 4 is 26.0 Å². The largest absolute Gasteiger partial charge is 0.496 e. The molecular weight excluding hydrogens is 332 g/mol. The van der Waals surface area contributed by atoms with Crippen LogP contribution in [0.15, 0.2) is 22.7 Å². The maximum Gasteiger partial charge on any atom is 0.208 e. The van der Waals surface area contributed by atoms with Crippen molar-refractivity contribution in [1.29, 1.82) is 0 Å². The lowest BCUT2D eigenvalue weighted by molar-refractivity contribution is 0.411. The van der Waals surface area contributed by atoms with Crippen molar-refractivity contribution in [3.05, 3.63) is 28.2 Å². The van der Waals surface area contributed by atoms with E-state index in [0.29, 0.717) is 13.1 Å². The minimum Gasteiger partial charge on any atom is -0.496 e. The lowest BCUT2D eigenvalue weighted by Crippen LogP contribution is -2.32. The molecule has 0 radical (unpaired) electrons. The molecule has 0 aromatic heterocycles. The summed E-state index contributed by atoms with van der Waals surface area (Å²) >= 11 is 3.44. The van der Waals surface area contributed by atoms with Gasteiger partial charge >= 0.3 is 0 Å². The average Bonchev–Trinajstić information content (AvgIpc) is 2.33. The van der Waals surface area contributed by atoms with Crippen molar-refractivity contribution in [3.8, 4) is 5.75 Å². The highest BCUT2D eigenvalue weighted by Gasteiger charge is 2.08. The molecule has 2 N–H and O–H groups in total. The summed E-state index contributed by atoms with van der Waals surface area (Å²) in [5, 5.41) is 3.25. The van der Waals surface area contributed by atoms with Gasteiger partial charge in [0.15, 0.2) is 0 Å². The van der Waals surface area contributed by atoms with E-state index in [9.17, 15) is 8.42 Å². The number of hydrogen-bond acceptors (Lipinski definition) is 4. The van der Waals surface area contributed by atoms with Gasteiger partial charge in [-0.05, 0) is 40.5 Å². The second-order valence-electron chi connectivity index (χ2n) is 4.24. The highest BCUT2D eigenvalue weighted by atomic mass is 79.9. The number of nitrogens with one attached hydrogen (secondary N) is 2. The van der Waals surface area contributed by atoms with Gasteiger partial charge in [0, 0.05) is 19.1 Å². The SMILES string of the molecule is COc1ccc(C(C)NCCNS(C)(=O)=O)cc1Br. The molecule has 0 aliphatic carbocycles. The van der Waals surface area contributed by atoms with Crippen molar-refractivity contribution < 1.29 is 13.2 Å². The summed E-state index contributed by atoms with van der Waals surface area (Å²) in [4.78, 5) is 0. The van der Waals surface area contributed by atoms with Gasteiger partial charge in [0.25, 0.3) is 0 Å². The third kappa shape index (κ3) is 5.90. The summed E-state index contributed by atoms with van der Waals surface area (Å²) in [5.41, 5.74) is 1.10. The minimum absolute atomic E-state index is 0.128. The van der Waals surface area contributed by atoms with Crippen LogP contribution in [0.25, 0.3) is 0 Å². The summed E-state index contributed by atoms with van der Waals surface area (Å²) < 4.78 is 30.3. The van der Waals surface area contributed by atoms with Crippen LogP contribution < -0.4 is 14.8 Å². The topological polar surface area (TPSA) is 67.4 Å². The van der Waals surface area contributed by atoms with E-state index < -0.39 is 10.0 Å². The zero-order valence-corrected chi connectivity index (χ0v) is 13.6. The van der Waals surface area contributed by atoms with Crippen LogP contribution in [-0.2, 0) is 10.0 Å². The van der Waals surface area contributed by atoms with Crippen LogP contribution in [0.3, 0.4) is 0 Å². The first-order chi connectivity index (χ1) is 8.83. The lowest BCUT2D eigenvalue weighted by atomic mass is 10.1. The number of benzene rings is 1. The standard InChI is InChI=1S/C12H19BrN2O3S/c1-9(14-6-7-15-19(3,16)17)10-4-5-12(18-2)11(13)8-10/h4-5,8-9,14-15H,6-7H2,1-3H3. The van der Waals surface area contributed by atoms with Crippen LogP contribution in [0.2, 0.25) is 0 Å². The fourth-order valence-corrected chi connectivity index (χ4v) is 2.63. The molecule has 0 aliphatic heterocycles. The highest BCUT2D eigenvalue weighted by Crippen LogP contribution is 2.27. The molecule has 7 heteroatoms. The van der Waals surface area contributed by atoms with Gasteiger partial charge in [-0.3, -0.25) is 0 Å². The normalized spacial score (nSPS) is 13.3. The molecule has 0 spiro atoms. The van der Waals surface area contributed by atoms with E-state index in [1.54, 1.807) is 7.11 Å². The second kappa shape index (κ2) is 7.23. The Bertz CT molecular complexity index is 520. The first-order valence-corrected chi connectivity index (χ1v) is 8.53. The lowest BCUT2D eigenvalue weighted by Gasteiger charge is -2.15. The molecule has 0 amide bonds. The predicted molar refractivity (Wildman–Crippen MR) is 80.0 cm³/mol. The molecule has 19 heavy (non-hydrogen) atoms. The van der Waals surface area contributed by atoms with Crippen molar-refractivity contribution in [3.63, 3.8) is 0 Å². The number of ether oxygens (including phenoxy) is 1. The number of sulfonamides is 1. The van der Waals surface area contributed by atoms with Crippen LogP contribution in [0.4, 0.5) is 0 Å². The van der Waals surface area contributed by atoms with Gasteiger partial charge in [-0.1, -0.05) is 6.07 Å². The average molecular weight is 351 g/mol. The summed E-state index contributed by atoms with van der Waals surface area (Å²) in [6.07, 6.45) is 1.15. The quantitative estimate of drug-likeness (QED) is 0.734. The summed E-state index contributed by atoms with van der Waals surface area (Å²) in [7, 11) is -1.49. The molecule has 0 bridgehead atoms. The maximum absolute atomic E-state index is 10.9. The molecule has 0 aliphatic rings. The van der Waals surface area contributed by atoms with E-state index in [-0.39, 0.29) is 6.04 Å². The Morgan fingerprint density at radius 1 is 1.37 bits per heavy atom. The molecule has 108 valence electrons. The second-order valence-corrected chi connectivity index (χ2v) is 6.92. The zero-order valence-electron chi connectivity index (χ0n) is 11.2. The van der Waals surface area contributed by atoms with Crippen molar-refractivity contribution in [2.45, 2.75) is 13.0 Å². The molecule has 0 heterocycles. The molecule has 5 nitrogen and oxygen atoms in total. The van der Waals surface area contributed by atoms with E-state index in [1.807, 2.05) is 25.1 Å². The van der Waals surface area contributed by atoms with E-state index >= 15 is 0 Å². The molecular formula is C12H19BrN2O3S. The molecule has 1 aromatic carbocycles. The summed E-state index contributed by atoms with van der Waals surface area (Å²) in [6.45, 7) is 2.97. The van der Waals surface area contributed by atoms with Crippen molar-refractivity contribution in [2.75, 3.05) is 26.5 Å². The Labute approximate surface area is 122 Å². The first-order valence-electron chi connectivity index (χ1n) is 5.85. The maximum atomic E-state index is 10.9. The summed E-state index contributed by atoms with van der Waals surface area (Å²) in [6, 6.07) is 5.99. The fraction of sp³-hybridized carbons (Fsp3) is 0.500. The molecule has 1 unspecified atom stereocenters. The van der Waals surface area contributed by atoms with Gasteiger partial charge < -0.3 is 10.1 Å². The molecule has 1 rings (SSSR count). The third-order valence-corrected chi connectivity index (χ3v) is 3.96. The van der Waals surface area contributed by atoms with Crippen LogP contribution in [-0.4, -0.2) is 34.9 Å². The van der Waals surface area contributed by atoms with E-state index in [2.05, 4.69) is 26.0 Å². The molecule has 0 saturated heterocycles. The Morgan fingerprint density at radius 2 is 2.05 bits per heavy atom. The van der Waals surface area contributed by atoms with Gasteiger partial charge in [0.2, 0.25) is 10.0 Å². The predicted octanol–water partition coefficient (Wildman–Crippen LogP) is 1.66. The fourth-order valence-electron chi connectivity index (χ4n) is 1.59. The zero-order chi connectivity index (χ0) is 14.5. The first kappa shape index (κ1) is 16.4. The van der Waals surface area contributed by atoms with Crippen LogP contribution in [0.5, 0.6) is 5.75 Å². The smallest absolute Gasteiger partial charge is 0.208 e. The van der Waals surface area contributed by atoms with Crippen molar-refractivity contribution in [2.24, 2.45) is 0 Å². The molecule has 1 atom stereocenters. The van der Waals surface area contributed by atoms with Crippen LogP contribution >= 0.6 is 15.9 Å². The van der Waals surface area contributed by atoms with E-state index in [0.717, 1.165) is 22.0 Å². The summed E-state index contributed by atoms with van der Waals surface area (Å²) in [5.74, 6) is 0.787. The monoisotopic (exact) mass is 350 g/mol. The number of rotatable bonds is 7. The molecule has 0 saturated carbocycles. The van der Waals surface area contributed by atoms with Crippen LogP contribution in [0.1, 0.15) is 18.5 Å². The van der Waals surface area contributed by atoms with Gasteiger partial charge in [0.05, 0.1) is 17.8 Å². The molecule has 1 aromatic rings. The minimum atomic E-state index is -3.12. The van der Waals surface area contributed by atoms with E-state index in [1.165, 1.54) is 0 Å².